The number of methoxy groups -OCH3 is 1. The lowest BCUT2D eigenvalue weighted by atomic mass is 9.84. The number of aliphatic hydroxyl groups is 1. The van der Waals surface area contributed by atoms with Gasteiger partial charge >= 0.3 is 6.09 Å². The number of amides is 2. The lowest BCUT2D eigenvalue weighted by molar-refractivity contribution is -0.135. The Labute approximate surface area is 267 Å². The van der Waals surface area contributed by atoms with Crippen LogP contribution in [0.3, 0.4) is 0 Å². The second-order valence-corrected chi connectivity index (χ2v) is 13.6. The first kappa shape index (κ1) is 35.7. The van der Waals surface area contributed by atoms with Crippen molar-refractivity contribution < 1.29 is 27.9 Å². The number of nitrogens with zero attached hydrogens (tertiary/aromatic N) is 2. The lowest BCUT2D eigenvalue weighted by Gasteiger charge is -2.39. The van der Waals surface area contributed by atoms with Crippen LogP contribution in [-0.4, -0.2) is 72.6 Å². The summed E-state index contributed by atoms with van der Waals surface area (Å²) < 4.78 is 33.4. The van der Waals surface area contributed by atoms with Gasteiger partial charge in [0.15, 0.2) is 0 Å². The number of sulfonamides is 1. The van der Waals surface area contributed by atoms with Gasteiger partial charge in [-0.2, -0.15) is 4.31 Å². The molecule has 0 heterocycles. The van der Waals surface area contributed by atoms with Gasteiger partial charge in [0.05, 0.1) is 24.7 Å². The number of carbonyl (C=O) groups is 2. The summed E-state index contributed by atoms with van der Waals surface area (Å²) >= 11 is 0. The predicted molar refractivity (Wildman–Crippen MR) is 176 cm³/mol. The number of hydrogen-bond acceptors (Lipinski definition) is 8. The van der Waals surface area contributed by atoms with Crippen molar-refractivity contribution in [1.29, 1.82) is 0 Å². The van der Waals surface area contributed by atoms with Crippen LogP contribution in [0.4, 0.5) is 10.5 Å². The monoisotopic (exact) mass is 638 g/mol. The van der Waals surface area contributed by atoms with Gasteiger partial charge in [0, 0.05) is 29.7 Å². The molecule has 0 aliphatic heterocycles. The molecule has 5 N–H and O–H groups in total. The third-order valence-corrected chi connectivity index (χ3v) is 9.99. The number of rotatable bonds is 15. The van der Waals surface area contributed by atoms with Crippen LogP contribution < -0.4 is 11.5 Å². The molecule has 0 radical (unpaired) electrons. The first-order valence-corrected chi connectivity index (χ1v) is 16.6. The smallest absolute Gasteiger partial charge is 0.416 e. The molecule has 2 atom stereocenters. The normalized spacial score (nSPS) is 13.4. The first-order valence-electron chi connectivity index (χ1n) is 15.1. The van der Waals surface area contributed by atoms with Crippen molar-refractivity contribution in [3.05, 3.63) is 96.1 Å². The average molecular weight is 639 g/mol. The minimum absolute atomic E-state index is 0.0896. The van der Waals surface area contributed by atoms with E-state index >= 15 is 0 Å². The number of hydrogen-bond donors (Lipinski definition) is 3. The molecule has 0 spiro atoms. The number of carbonyl (C=O) groups excluding carboxylic acids is 2. The highest BCUT2D eigenvalue weighted by molar-refractivity contribution is 7.89. The molecule has 0 aliphatic rings. The molecule has 0 bridgehead atoms. The van der Waals surface area contributed by atoms with E-state index in [2.05, 4.69) is 0 Å². The lowest BCUT2D eigenvalue weighted by Crippen LogP contribution is -2.57. The van der Waals surface area contributed by atoms with Gasteiger partial charge < -0.3 is 21.3 Å². The summed E-state index contributed by atoms with van der Waals surface area (Å²) in [6.07, 6.45) is 0.702. The molecule has 0 aromatic heterocycles. The zero-order valence-electron chi connectivity index (χ0n) is 26.5. The van der Waals surface area contributed by atoms with Crippen molar-refractivity contribution in [3.63, 3.8) is 0 Å². The van der Waals surface area contributed by atoms with Crippen molar-refractivity contribution in [2.24, 2.45) is 5.73 Å². The Morgan fingerprint density at radius 2 is 1.47 bits per heavy atom. The van der Waals surface area contributed by atoms with Crippen molar-refractivity contribution in [3.8, 4) is 0 Å². The van der Waals surface area contributed by atoms with Gasteiger partial charge in [-0.3, -0.25) is 4.79 Å². The first-order chi connectivity index (χ1) is 21.4. The SMILES string of the molecule is CCCN([C@H](CO)CCCC(C)(C)N(C(=O)OC)C(=O)[C@@H](N)C(c1ccccc1)c1ccccc1)S(=O)(=O)c1ccc(N)cc1. The largest absolute Gasteiger partial charge is 0.452 e. The Morgan fingerprint density at radius 1 is 0.933 bits per heavy atom. The number of nitrogens with two attached hydrogens (primary N) is 2. The molecule has 0 saturated carbocycles. The number of imide groups is 1. The zero-order valence-corrected chi connectivity index (χ0v) is 27.3. The number of ether oxygens (including phenoxy) is 1. The summed E-state index contributed by atoms with van der Waals surface area (Å²) in [6, 6.07) is 23.0. The van der Waals surface area contributed by atoms with Crippen LogP contribution in [-0.2, 0) is 19.6 Å². The molecular formula is C34H46N4O6S. The zero-order chi connectivity index (χ0) is 33.2. The summed E-state index contributed by atoms with van der Waals surface area (Å²) in [5, 5.41) is 10.3. The molecule has 0 unspecified atom stereocenters. The summed E-state index contributed by atoms with van der Waals surface area (Å²) in [7, 11) is -2.70. The number of benzene rings is 3. The highest BCUT2D eigenvalue weighted by Gasteiger charge is 2.42. The van der Waals surface area contributed by atoms with E-state index < -0.39 is 52.2 Å². The van der Waals surface area contributed by atoms with E-state index in [-0.39, 0.29) is 11.4 Å². The van der Waals surface area contributed by atoms with E-state index in [0.717, 1.165) is 16.0 Å². The molecule has 3 aromatic rings. The minimum atomic E-state index is -3.92. The molecule has 3 aromatic carbocycles. The van der Waals surface area contributed by atoms with Crippen LogP contribution in [0.25, 0.3) is 0 Å². The molecule has 11 heteroatoms. The van der Waals surface area contributed by atoms with Gasteiger partial charge in [0.25, 0.3) is 0 Å². The van der Waals surface area contributed by atoms with Gasteiger partial charge in [-0.05, 0) is 74.9 Å². The molecular weight excluding hydrogens is 592 g/mol. The Kier molecular flexibility index (Phi) is 12.7. The molecule has 0 saturated heterocycles. The Hall–Kier alpha value is -3.77. The van der Waals surface area contributed by atoms with Gasteiger partial charge in [-0.25, -0.2) is 18.1 Å². The Balaban J connectivity index is 1.84. The topological polar surface area (TPSA) is 156 Å². The van der Waals surface area contributed by atoms with Gasteiger partial charge in [0.2, 0.25) is 15.9 Å². The van der Waals surface area contributed by atoms with Crippen LogP contribution in [0.5, 0.6) is 0 Å². The molecule has 3 rings (SSSR count). The van der Waals surface area contributed by atoms with E-state index in [4.69, 9.17) is 16.2 Å². The van der Waals surface area contributed by atoms with E-state index in [9.17, 15) is 23.1 Å². The average Bonchev–Trinajstić information content (AvgIpc) is 3.03. The summed E-state index contributed by atoms with van der Waals surface area (Å²) in [4.78, 5) is 28.4. The molecule has 244 valence electrons. The summed E-state index contributed by atoms with van der Waals surface area (Å²) in [5.41, 5.74) is 13.5. The molecule has 10 nitrogen and oxygen atoms in total. The van der Waals surface area contributed by atoms with Gasteiger partial charge in [-0.1, -0.05) is 67.6 Å². The maximum Gasteiger partial charge on any atom is 0.416 e. The maximum atomic E-state index is 14.1. The highest BCUT2D eigenvalue weighted by Crippen LogP contribution is 2.32. The number of aliphatic hydroxyl groups excluding tert-OH is 1. The molecule has 2 amide bonds. The predicted octanol–water partition coefficient (Wildman–Crippen LogP) is 4.73. The van der Waals surface area contributed by atoms with E-state index in [1.165, 1.54) is 35.7 Å². The van der Waals surface area contributed by atoms with Crippen molar-refractivity contribution in [1.82, 2.24) is 9.21 Å². The third-order valence-electron chi connectivity index (χ3n) is 8.02. The van der Waals surface area contributed by atoms with Crippen molar-refractivity contribution in [2.45, 2.75) is 74.9 Å². The molecule has 0 fully saturated rings. The quantitative estimate of drug-likeness (QED) is 0.202. The summed E-state index contributed by atoms with van der Waals surface area (Å²) in [5.74, 6) is -1.12. The third kappa shape index (κ3) is 8.70. The van der Waals surface area contributed by atoms with Crippen LogP contribution in [0.2, 0.25) is 0 Å². The van der Waals surface area contributed by atoms with E-state index in [1.54, 1.807) is 13.8 Å². The van der Waals surface area contributed by atoms with Crippen molar-refractivity contribution in [2.75, 3.05) is 26.0 Å². The van der Waals surface area contributed by atoms with E-state index in [0.29, 0.717) is 31.4 Å². The maximum absolute atomic E-state index is 14.1. The molecule has 0 aliphatic carbocycles. The minimum Gasteiger partial charge on any atom is -0.452 e. The highest BCUT2D eigenvalue weighted by atomic mass is 32.2. The summed E-state index contributed by atoms with van der Waals surface area (Å²) in [6.45, 7) is 5.18. The standard InChI is InChI=1S/C34H46N4O6S/c1-5-23-37(45(42,43)29-20-18-27(35)19-21-29)28(24-39)17-12-22-34(2,3)38(33(41)44-4)32(40)31(36)30(25-13-8-6-9-14-25)26-15-10-7-11-16-26/h6-11,13-16,18-21,28,30-31,39H,5,12,17,22-24,35-36H2,1-4H3/t28-,31-/m0/s1. The van der Waals surface area contributed by atoms with Crippen LogP contribution >= 0.6 is 0 Å². The van der Waals surface area contributed by atoms with E-state index in [1.807, 2.05) is 67.6 Å². The van der Waals surface area contributed by atoms with Gasteiger partial charge in [0.1, 0.15) is 0 Å². The number of anilines is 1. The van der Waals surface area contributed by atoms with Crippen LogP contribution in [0, 0.1) is 0 Å². The van der Waals surface area contributed by atoms with Crippen molar-refractivity contribution >= 4 is 27.7 Å². The fourth-order valence-electron chi connectivity index (χ4n) is 5.65. The van der Waals surface area contributed by atoms with Gasteiger partial charge in [-0.15, -0.1) is 0 Å². The number of nitrogen functional groups attached to an aromatic ring is 1. The Bertz CT molecular complexity index is 1440. The Morgan fingerprint density at radius 3 is 1.93 bits per heavy atom. The second-order valence-electron chi connectivity index (χ2n) is 11.7. The fourth-order valence-corrected chi connectivity index (χ4v) is 7.39. The second kappa shape index (κ2) is 16.0. The fraction of sp³-hybridized carbons (Fsp3) is 0.412. The van der Waals surface area contributed by atoms with Crippen LogP contribution in [0.15, 0.2) is 89.8 Å². The molecule has 45 heavy (non-hydrogen) atoms. The van der Waals surface area contributed by atoms with Crippen LogP contribution in [0.1, 0.15) is 63.5 Å².